The number of aliphatic hydroxyl groups is 1. The summed E-state index contributed by atoms with van der Waals surface area (Å²) in [5, 5.41) is 9.46. The molecule has 0 aromatic carbocycles. The molecule has 0 aromatic heterocycles. The lowest BCUT2D eigenvalue weighted by atomic mass is 9.43. The van der Waals surface area contributed by atoms with Gasteiger partial charge in [0.15, 0.2) is 0 Å². The average molecular weight is 521 g/mol. The molecule has 4 fully saturated rings. The van der Waals surface area contributed by atoms with E-state index in [0.29, 0.717) is 17.8 Å². The average Bonchev–Trinajstić information content (AvgIpc) is 3.16. The SMILES string of the molecule is CC(=O)O[C@@H]1CC[C@@]2(C)[C@@H](C1)C[C@@H](OC(C)=O)[C@@H]1[C@@H]2C[C@H](OC(C)=O)[C@]2(C)[C@@H]([C@H](C)CCCO)CC[C@@H]12. The zero-order valence-electron chi connectivity index (χ0n) is 23.7. The van der Waals surface area contributed by atoms with E-state index in [1.54, 1.807) is 0 Å². The third-order valence-corrected chi connectivity index (χ3v) is 11.2. The summed E-state index contributed by atoms with van der Waals surface area (Å²) < 4.78 is 17.9. The highest BCUT2D eigenvalue weighted by atomic mass is 16.6. The van der Waals surface area contributed by atoms with Gasteiger partial charge < -0.3 is 19.3 Å². The van der Waals surface area contributed by atoms with E-state index < -0.39 is 0 Å². The minimum Gasteiger partial charge on any atom is -0.463 e. The lowest BCUT2D eigenvalue weighted by Gasteiger charge is -2.64. The monoisotopic (exact) mass is 520 g/mol. The van der Waals surface area contributed by atoms with E-state index in [4.69, 9.17) is 14.2 Å². The Morgan fingerprint density at radius 1 is 0.892 bits per heavy atom. The van der Waals surface area contributed by atoms with Gasteiger partial charge in [-0.2, -0.15) is 0 Å². The molecule has 210 valence electrons. The normalized spacial score (nSPS) is 43.5. The molecule has 4 aliphatic carbocycles. The van der Waals surface area contributed by atoms with Gasteiger partial charge in [0.1, 0.15) is 18.3 Å². The van der Waals surface area contributed by atoms with Gasteiger partial charge in [-0.15, -0.1) is 0 Å². The molecule has 37 heavy (non-hydrogen) atoms. The third-order valence-electron chi connectivity index (χ3n) is 11.2. The zero-order chi connectivity index (χ0) is 27.1. The van der Waals surface area contributed by atoms with Crippen molar-refractivity contribution in [2.75, 3.05) is 6.61 Å². The van der Waals surface area contributed by atoms with Crippen LogP contribution in [0.3, 0.4) is 0 Å². The summed E-state index contributed by atoms with van der Waals surface area (Å²) in [6.07, 6.45) is 7.56. The van der Waals surface area contributed by atoms with Crippen LogP contribution in [0.2, 0.25) is 0 Å². The number of carbonyl (C=O) groups is 3. The topological polar surface area (TPSA) is 99.1 Å². The molecule has 4 aliphatic rings. The minimum absolute atomic E-state index is 0.0122. The largest absolute Gasteiger partial charge is 0.463 e. The molecule has 0 aliphatic heterocycles. The van der Waals surface area contributed by atoms with Crippen LogP contribution in [-0.4, -0.2) is 47.9 Å². The van der Waals surface area contributed by atoms with Crippen LogP contribution in [0.5, 0.6) is 0 Å². The lowest BCUT2D eigenvalue weighted by Crippen LogP contribution is -2.63. The van der Waals surface area contributed by atoms with Crippen molar-refractivity contribution in [2.24, 2.45) is 46.3 Å². The van der Waals surface area contributed by atoms with Crippen LogP contribution in [0.4, 0.5) is 0 Å². The van der Waals surface area contributed by atoms with Crippen LogP contribution in [0.25, 0.3) is 0 Å². The first-order chi connectivity index (χ1) is 17.4. The molecule has 0 radical (unpaired) electrons. The highest BCUT2D eigenvalue weighted by molar-refractivity contribution is 5.67. The van der Waals surface area contributed by atoms with Crippen molar-refractivity contribution in [1.29, 1.82) is 0 Å². The molecule has 0 heterocycles. The highest BCUT2D eigenvalue weighted by Gasteiger charge is 2.67. The summed E-state index contributed by atoms with van der Waals surface area (Å²) >= 11 is 0. The fraction of sp³-hybridized carbons (Fsp3) is 0.900. The second-order valence-electron chi connectivity index (χ2n) is 13.1. The fourth-order valence-electron chi connectivity index (χ4n) is 9.73. The molecule has 1 N–H and O–H groups in total. The Balaban J connectivity index is 1.72. The molecular formula is C30H48O7. The molecule has 7 nitrogen and oxygen atoms in total. The van der Waals surface area contributed by atoms with Crippen molar-refractivity contribution < 1.29 is 33.7 Å². The maximum Gasteiger partial charge on any atom is 0.302 e. The number of esters is 3. The Hall–Kier alpha value is -1.63. The molecular weight excluding hydrogens is 472 g/mol. The molecule has 0 unspecified atom stereocenters. The number of aliphatic hydroxyl groups excluding tert-OH is 1. The van der Waals surface area contributed by atoms with Crippen LogP contribution < -0.4 is 0 Å². The van der Waals surface area contributed by atoms with Crippen LogP contribution in [0, 0.1) is 46.3 Å². The summed E-state index contributed by atoms with van der Waals surface area (Å²) in [5.74, 6) is 1.15. The molecule has 0 bridgehead atoms. The van der Waals surface area contributed by atoms with Gasteiger partial charge in [-0.3, -0.25) is 14.4 Å². The second kappa shape index (κ2) is 10.9. The van der Waals surface area contributed by atoms with Crippen molar-refractivity contribution in [3.05, 3.63) is 0 Å². The first-order valence-electron chi connectivity index (χ1n) is 14.5. The Kier molecular flexibility index (Phi) is 8.33. The molecule has 0 saturated heterocycles. The summed E-state index contributed by atoms with van der Waals surface area (Å²) in [6.45, 7) is 11.7. The molecule has 0 spiro atoms. The molecule has 0 amide bonds. The maximum atomic E-state index is 12.4. The summed E-state index contributed by atoms with van der Waals surface area (Å²) in [7, 11) is 0. The predicted octanol–water partition coefficient (Wildman–Crippen LogP) is 5.07. The molecule has 4 rings (SSSR count). The number of hydrogen-bond donors (Lipinski definition) is 1. The van der Waals surface area contributed by atoms with E-state index in [1.165, 1.54) is 20.8 Å². The number of hydrogen-bond acceptors (Lipinski definition) is 7. The van der Waals surface area contributed by atoms with Crippen molar-refractivity contribution in [3.63, 3.8) is 0 Å². The second-order valence-corrected chi connectivity index (χ2v) is 13.1. The van der Waals surface area contributed by atoms with E-state index in [0.717, 1.165) is 57.8 Å². The van der Waals surface area contributed by atoms with Gasteiger partial charge in [0, 0.05) is 38.7 Å². The first kappa shape index (κ1) is 28.4. The Bertz CT molecular complexity index is 872. The van der Waals surface area contributed by atoms with E-state index >= 15 is 0 Å². The third kappa shape index (κ3) is 5.18. The summed E-state index contributed by atoms with van der Waals surface area (Å²) in [5.41, 5.74) is -0.184. The van der Waals surface area contributed by atoms with Crippen LogP contribution in [0.15, 0.2) is 0 Å². The smallest absolute Gasteiger partial charge is 0.302 e. The van der Waals surface area contributed by atoms with Crippen molar-refractivity contribution >= 4 is 17.9 Å². The van der Waals surface area contributed by atoms with Gasteiger partial charge in [0.2, 0.25) is 0 Å². The van der Waals surface area contributed by atoms with Gasteiger partial charge in [0.05, 0.1) is 0 Å². The van der Waals surface area contributed by atoms with Crippen LogP contribution in [0.1, 0.15) is 99.3 Å². The van der Waals surface area contributed by atoms with Crippen molar-refractivity contribution in [3.8, 4) is 0 Å². The van der Waals surface area contributed by atoms with E-state index in [9.17, 15) is 19.5 Å². The van der Waals surface area contributed by atoms with Crippen molar-refractivity contribution in [2.45, 2.75) is 118 Å². The molecule has 4 saturated carbocycles. The zero-order valence-corrected chi connectivity index (χ0v) is 23.7. The Labute approximate surface area is 222 Å². The fourth-order valence-corrected chi connectivity index (χ4v) is 9.73. The molecule has 7 heteroatoms. The van der Waals surface area contributed by atoms with Gasteiger partial charge in [0.25, 0.3) is 0 Å². The van der Waals surface area contributed by atoms with Gasteiger partial charge in [-0.05, 0) is 92.8 Å². The van der Waals surface area contributed by atoms with E-state index in [2.05, 4.69) is 20.8 Å². The van der Waals surface area contributed by atoms with Gasteiger partial charge in [-0.25, -0.2) is 0 Å². The number of ether oxygens (including phenoxy) is 3. The van der Waals surface area contributed by atoms with Gasteiger partial charge in [-0.1, -0.05) is 20.8 Å². The lowest BCUT2D eigenvalue weighted by molar-refractivity contribution is -0.224. The maximum absolute atomic E-state index is 12.4. The highest BCUT2D eigenvalue weighted by Crippen LogP contribution is 2.69. The Morgan fingerprint density at radius 2 is 1.57 bits per heavy atom. The Morgan fingerprint density at radius 3 is 2.19 bits per heavy atom. The van der Waals surface area contributed by atoms with Crippen molar-refractivity contribution in [1.82, 2.24) is 0 Å². The number of fused-ring (bicyclic) bond motifs is 5. The summed E-state index contributed by atoms with van der Waals surface area (Å²) in [6, 6.07) is 0. The standard InChI is InChI=1S/C30H48O7/c1-17(8-7-13-31)23-9-10-24-28-25(16-27(30(23,24)6)37-20(4)34)29(5)12-11-22(35-18(2)32)14-21(29)15-26(28)36-19(3)33/h17,21-28,31H,7-16H2,1-6H3/t17-,21+,22-,23-,24+,25+,26-,27+,28+,29+,30-/m1/s1. The van der Waals surface area contributed by atoms with E-state index in [1.807, 2.05) is 0 Å². The van der Waals surface area contributed by atoms with E-state index in [-0.39, 0.29) is 71.4 Å². The quantitative estimate of drug-likeness (QED) is 0.370. The number of carbonyl (C=O) groups excluding carboxylic acids is 3. The number of rotatable bonds is 7. The minimum atomic E-state index is -0.241. The first-order valence-corrected chi connectivity index (χ1v) is 14.5. The van der Waals surface area contributed by atoms with Crippen LogP contribution in [-0.2, 0) is 28.6 Å². The van der Waals surface area contributed by atoms with Crippen LogP contribution >= 0.6 is 0 Å². The molecule has 11 atom stereocenters. The predicted molar refractivity (Wildman–Crippen MR) is 138 cm³/mol. The summed E-state index contributed by atoms with van der Waals surface area (Å²) in [4.78, 5) is 36.4. The molecule has 0 aromatic rings. The van der Waals surface area contributed by atoms with Gasteiger partial charge >= 0.3 is 17.9 Å².